The van der Waals surface area contributed by atoms with Gasteiger partial charge in [0.1, 0.15) is 17.0 Å². The van der Waals surface area contributed by atoms with Gasteiger partial charge in [-0.25, -0.2) is 4.79 Å². The van der Waals surface area contributed by atoms with Crippen LogP contribution in [0.1, 0.15) is 39.2 Å². The van der Waals surface area contributed by atoms with E-state index in [1.165, 1.54) is 16.9 Å². The predicted octanol–water partition coefficient (Wildman–Crippen LogP) is 5.44. The molecule has 41 heavy (non-hydrogen) atoms. The topological polar surface area (TPSA) is 118 Å². The second kappa shape index (κ2) is 11.5. The van der Waals surface area contributed by atoms with Crippen molar-refractivity contribution < 1.29 is 27.8 Å². The van der Waals surface area contributed by atoms with Crippen LogP contribution < -0.4 is 20.9 Å². The van der Waals surface area contributed by atoms with E-state index in [0.717, 1.165) is 29.0 Å². The van der Waals surface area contributed by atoms with Gasteiger partial charge >= 0.3 is 11.5 Å². The minimum absolute atomic E-state index is 0.0536. The number of nitrogens with one attached hydrogen (secondary N) is 1. The fraction of sp³-hybridized carbons (Fsp3) is 0.296. The zero-order chi connectivity index (χ0) is 29.5. The summed E-state index contributed by atoms with van der Waals surface area (Å²) in [5, 5.41) is -3.61. The Morgan fingerprint density at radius 2 is 1.95 bits per heavy atom. The fourth-order valence-electron chi connectivity index (χ4n) is 4.77. The Balaban J connectivity index is 1.53. The summed E-state index contributed by atoms with van der Waals surface area (Å²) in [6.07, 6.45) is 0.148. The highest BCUT2D eigenvalue weighted by atomic mass is 35.5. The number of fused-ring (bicyclic) bond motifs is 1. The first-order valence-electron chi connectivity index (χ1n) is 12.4. The molecule has 0 atom stereocenters. The van der Waals surface area contributed by atoms with Crippen LogP contribution in [0.3, 0.4) is 0 Å². The van der Waals surface area contributed by atoms with Gasteiger partial charge < -0.3 is 25.1 Å². The summed E-state index contributed by atoms with van der Waals surface area (Å²) < 4.78 is 38.8. The van der Waals surface area contributed by atoms with E-state index >= 15 is 0 Å². The lowest BCUT2D eigenvalue weighted by atomic mass is 10.1. The van der Waals surface area contributed by atoms with Gasteiger partial charge in [-0.05, 0) is 59.0 Å². The lowest BCUT2D eigenvalue weighted by Crippen LogP contribution is -2.38. The number of ether oxygens (including phenoxy) is 2. The minimum atomic E-state index is -3.89. The normalized spacial score (nSPS) is 15.1. The van der Waals surface area contributed by atoms with Gasteiger partial charge in [0, 0.05) is 36.0 Å². The summed E-state index contributed by atoms with van der Waals surface area (Å²) in [5.74, 6) is -0.263. The van der Waals surface area contributed by atoms with Crippen molar-refractivity contribution in [3.63, 3.8) is 0 Å². The summed E-state index contributed by atoms with van der Waals surface area (Å²) in [6.45, 7) is 1.08. The number of alkyl halides is 3. The van der Waals surface area contributed by atoms with Crippen LogP contribution in [0.25, 0.3) is 0 Å². The van der Waals surface area contributed by atoms with Crippen LogP contribution in [0.15, 0.2) is 51.0 Å². The maximum absolute atomic E-state index is 14.1. The average Bonchev–Trinajstić information content (AvgIpc) is 3.36. The molecule has 0 unspecified atom stereocenters. The Hall–Kier alpha value is -3.32. The van der Waals surface area contributed by atoms with E-state index in [0.29, 0.717) is 41.5 Å². The maximum atomic E-state index is 14.1. The van der Waals surface area contributed by atoms with Gasteiger partial charge in [0.05, 0.1) is 24.4 Å². The fourth-order valence-corrected chi connectivity index (χ4v) is 6.31. The van der Waals surface area contributed by atoms with Crippen molar-refractivity contribution in [1.82, 2.24) is 9.88 Å². The van der Waals surface area contributed by atoms with Crippen LogP contribution in [-0.4, -0.2) is 42.1 Å². The van der Waals surface area contributed by atoms with Crippen LogP contribution in [0.2, 0.25) is 5.02 Å². The van der Waals surface area contributed by atoms with Crippen molar-refractivity contribution >= 4 is 52.7 Å². The summed E-state index contributed by atoms with van der Waals surface area (Å²) in [6, 6.07) is 9.44. The van der Waals surface area contributed by atoms with Crippen LogP contribution in [-0.2, 0) is 29.8 Å². The van der Waals surface area contributed by atoms with Crippen molar-refractivity contribution in [2.24, 2.45) is 5.73 Å². The number of carbonyl (C=O) groups is 2. The second-order valence-electron chi connectivity index (χ2n) is 9.36. The minimum Gasteiger partial charge on any atom is -0.495 e. The molecule has 216 valence electrons. The number of benzene rings is 2. The molecule has 5 rings (SSSR count). The van der Waals surface area contributed by atoms with Crippen molar-refractivity contribution in [2.45, 2.75) is 41.2 Å². The molecular weight excluding hydrogens is 601 g/mol. The molecule has 0 radical (unpaired) electrons. The smallest absolute Gasteiger partial charge is 0.414 e. The number of rotatable bonds is 7. The van der Waals surface area contributed by atoms with Gasteiger partial charge in [-0.15, -0.1) is 0 Å². The van der Waals surface area contributed by atoms with Crippen molar-refractivity contribution in [2.75, 3.05) is 25.2 Å². The molecule has 1 aromatic heterocycles. The third kappa shape index (κ3) is 5.74. The van der Waals surface area contributed by atoms with Crippen molar-refractivity contribution in [3.8, 4) is 5.75 Å². The van der Waals surface area contributed by atoms with E-state index in [-0.39, 0.29) is 35.1 Å². The van der Waals surface area contributed by atoms with E-state index in [1.807, 2.05) is 0 Å². The predicted molar refractivity (Wildman–Crippen MR) is 150 cm³/mol. The molecule has 2 aliphatic rings. The Kier molecular flexibility index (Phi) is 8.20. The SMILES string of the molecule is COc1cc2c(cc1N1CCCOC1=O)CN(C(=O)c1c(Sc3c(Cl)cccc3CN)cc(C(F)(F)Cl)[nH]c1=O)C2. The van der Waals surface area contributed by atoms with Gasteiger partial charge in [0.25, 0.3) is 11.5 Å². The first kappa shape index (κ1) is 29.2. The lowest BCUT2D eigenvalue weighted by Gasteiger charge is -2.28. The number of hydrogen-bond donors (Lipinski definition) is 2. The maximum Gasteiger partial charge on any atom is 0.414 e. The summed E-state index contributed by atoms with van der Waals surface area (Å²) in [5.41, 5.74) is 6.20. The molecule has 14 heteroatoms. The Morgan fingerprint density at radius 3 is 2.61 bits per heavy atom. The molecule has 3 aromatic rings. The molecule has 2 aromatic carbocycles. The molecule has 0 saturated carbocycles. The number of nitrogens with two attached hydrogens (primary N) is 1. The molecule has 0 aliphatic carbocycles. The van der Waals surface area contributed by atoms with Crippen LogP contribution in [0.5, 0.6) is 5.75 Å². The van der Waals surface area contributed by atoms with Crippen molar-refractivity contribution in [3.05, 3.63) is 79.7 Å². The van der Waals surface area contributed by atoms with E-state index in [9.17, 15) is 23.2 Å². The van der Waals surface area contributed by atoms with Crippen LogP contribution >= 0.6 is 35.0 Å². The number of amides is 2. The summed E-state index contributed by atoms with van der Waals surface area (Å²) in [4.78, 5) is 44.7. The number of carbonyl (C=O) groups excluding carboxylic acids is 2. The highest BCUT2D eigenvalue weighted by Crippen LogP contribution is 2.41. The highest BCUT2D eigenvalue weighted by Gasteiger charge is 2.35. The molecule has 3 N–H and O–H groups in total. The first-order chi connectivity index (χ1) is 19.5. The first-order valence-corrected chi connectivity index (χ1v) is 14.0. The average molecular weight is 625 g/mol. The number of halogens is 4. The summed E-state index contributed by atoms with van der Waals surface area (Å²) in [7, 11) is 1.47. The molecule has 9 nitrogen and oxygen atoms in total. The monoisotopic (exact) mass is 624 g/mol. The molecule has 1 fully saturated rings. The Bertz CT molecular complexity index is 1600. The van der Waals surface area contributed by atoms with Gasteiger partial charge in [0.2, 0.25) is 0 Å². The molecule has 2 aliphatic heterocycles. The van der Waals surface area contributed by atoms with E-state index in [1.54, 1.807) is 30.3 Å². The van der Waals surface area contributed by atoms with Crippen molar-refractivity contribution in [1.29, 1.82) is 0 Å². The third-order valence-corrected chi connectivity index (χ3v) is 8.63. The number of cyclic esters (lactones) is 1. The zero-order valence-corrected chi connectivity index (χ0v) is 24.0. The standard InChI is InChI=1S/C27H24Cl2F2N4O5S/c1-39-19-9-16-13-34(12-15(16)8-18(19)35-6-3-7-40-26(35)38)25(37)22-20(10-21(27(29,30)31)33-24(22)36)41-23-14(11-32)4-2-5-17(23)28/h2,4-5,8-10H,3,6-7,11-13,32H2,1H3,(H,33,36). The van der Waals surface area contributed by atoms with Gasteiger partial charge in [-0.2, -0.15) is 8.78 Å². The van der Waals surface area contributed by atoms with E-state index in [4.69, 9.17) is 38.4 Å². The summed E-state index contributed by atoms with van der Waals surface area (Å²) >= 11 is 12.5. The molecule has 3 heterocycles. The lowest BCUT2D eigenvalue weighted by molar-refractivity contribution is 0.0740. The number of hydrogen-bond acceptors (Lipinski definition) is 7. The van der Waals surface area contributed by atoms with E-state index < -0.39 is 28.6 Å². The highest BCUT2D eigenvalue weighted by molar-refractivity contribution is 7.99. The molecule has 0 bridgehead atoms. The van der Waals surface area contributed by atoms with Crippen LogP contribution in [0.4, 0.5) is 19.3 Å². The second-order valence-corrected chi connectivity index (χ2v) is 11.3. The zero-order valence-electron chi connectivity index (χ0n) is 21.6. The quantitative estimate of drug-likeness (QED) is 0.336. The van der Waals surface area contributed by atoms with Gasteiger partial charge in [-0.1, -0.05) is 35.5 Å². The number of methoxy groups -OCH3 is 1. The third-order valence-electron chi connectivity index (χ3n) is 6.77. The number of pyridine rings is 1. The van der Waals surface area contributed by atoms with E-state index in [2.05, 4.69) is 4.98 Å². The molecule has 1 saturated heterocycles. The molecule has 0 spiro atoms. The van der Waals surface area contributed by atoms with Gasteiger partial charge in [0.15, 0.2) is 0 Å². The largest absolute Gasteiger partial charge is 0.495 e. The van der Waals surface area contributed by atoms with Gasteiger partial charge in [-0.3, -0.25) is 14.5 Å². The number of anilines is 1. The molecular formula is C27H24Cl2F2N4O5S. The number of nitrogens with zero attached hydrogens (tertiary/aromatic N) is 2. The molecule has 2 amide bonds. The van der Waals surface area contributed by atoms with Crippen LogP contribution in [0, 0.1) is 0 Å². The number of H-pyrrole nitrogens is 1. The Labute approximate surface area is 247 Å². The Morgan fingerprint density at radius 1 is 1.22 bits per heavy atom. The number of aromatic nitrogens is 1. The number of aromatic amines is 1.